The third-order valence-corrected chi connectivity index (χ3v) is 4.79. The summed E-state index contributed by atoms with van der Waals surface area (Å²) in [5.41, 5.74) is 3.37. The topological polar surface area (TPSA) is 42.2 Å². The van der Waals surface area contributed by atoms with Gasteiger partial charge >= 0.3 is 5.97 Å². The Morgan fingerprint density at radius 3 is 2.74 bits per heavy atom. The minimum absolute atomic E-state index is 0.110. The van der Waals surface area contributed by atoms with Gasteiger partial charge in [-0.25, -0.2) is 0 Å². The number of hydrogen-bond acceptors (Lipinski definition) is 1. The number of carboxylic acid groups (broad SMARTS) is 1. The molecule has 3 aromatic rings. The number of fused-ring (bicyclic) bond motifs is 1. The zero-order chi connectivity index (χ0) is 16.0. The van der Waals surface area contributed by atoms with Gasteiger partial charge < -0.3 is 9.67 Å². The highest BCUT2D eigenvalue weighted by Gasteiger charge is 2.46. The Bertz CT molecular complexity index is 899. The van der Waals surface area contributed by atoms with E-state index in [2.05, 4.69) is 22.8 Å². The van der Waals surface area contributed by atoms with E-state index in [0.29, 0.717) is 6.54 Å². The molecule has 0 bridgehead atoms. The van der Waals surface area contributed by atoms with Crippen LogP contribution in [-0.2, 0) is 11.3 Å². The van der Waals surface area contributed by atoms with Gasteiger partial charge in [-0.2, -0.15) is 0 Å². The van der Waals surface area contributed by atoms with Crippen LogP contribution in [-0.4, -0.2) is 15.6 Å². The molecule has 1 aromatic heterocycles. The van der Waals surface area contributed by atoms with Crippen LogP contribution in [0.5, 0.6) is 0 Å². The molecule has 1 heterocycles. The molecule has 1 fully saturated rings. The van der Waals surface area contributed by atoms with Crippen molar-refractivity contribution < 1.29 is 9.90 Å². The molecule has 0 radical (unpaired) electrons. The van der Waals surface area contributed by atoms with Gasteiger partial charge in [0.2, 0.25) is 0 Å². The number of carbonyl (C=O) groups is 1. The average Bonchev–Trinajstić information content (AvgIpc) is 3.25. The van der Waals surface area contributed by atoms with Crippen LogP contribution in [0.3, 0.4) is 0 Å². The fraction of sp³-hybridized carbons (Fsp3) is 0.211. The number of rotatable bonds is 4. The fourth-order valence-electron chi connectivity index (χ4n) is 3.33. The first kappa shape index (κ1) is 14.3. The summed E-state index contributed by atoms with van der Waals surface area (Å²) < 4.78 is 2.23. The van der Waals surface area contributed by atoms with Crippen molar-refractivity contribution in [1.82, 2.24) is 4.57 Å². The summed E-state index contributed by atoms with van der Waals surface area (Å²) in [6.45, 7) is 0.701. The van der Waals surface area contributed by atoms with Crippen LogP contribution >= 0.6 is 11.6 Å². The number of nitrogens with zero attached hydrogens (tertiary/aromatic N) is 1. The van der Waals surface area contributed by atoms with E-state index >= 15 is 0 Å². The molecule has 4 heteroatoms. The molecular weight excluding hydrogens is 310 g/mol. The summed E-state index contributed by atoms with van der Waals surface area (Å²) in [7, 11) is 0. The predicted octanol–water partition coefficient (Wildman–Crippen LogP) is 4.53. The molecule has 23 heavy (non-hydrogen) atoms. The quantitative estimate of drug-likeness (QED) is 0.765. The lowest BCUT2D eigenvalue weighted by atomic mass is 10.2. The van der Waals surface area contributed by atoms with Crippen molar-refractivity contribution in [2.75, 3.05) is 0 Å². The number of para-hydroxylation sites is 1. The molecule has 0 saturated heterocycles. The molecule has 2 aromatic carbocycles. The Hall–Kier alpha value is -2.26. The van der Waals surface area contributed by atoms with E-state index in [0.717, 1.165) is 33.6 Å². The minimum atomic E-state index is -0.699. The lowest BCUT2D eigenvalue weighted by Gasteiger charge is -2.11. The summed E-state index contributed by atoms with van der Waals surface area (Å²) in [5.74, 6) is -0.842. The molecule has 1 aliphatic rings. The van der Waals surface area contributed by atoms with Crippen LogP contribution in [0.15, 0.2) is 54.6 Å². The zero-order valence-corrected chi connectivity index (χ0v) is 13.2. The first-order chi connectivity index (χ1) is 11.1. The number of benzene rings is 2. The Balaban J connectivity index is 1.79. The van der Waals surface area contributed by atoms with Crippen molar-refractivity contribution >= 4 is 28.5 Å². The smallest absolute Gasteiger partial charge is 0.307 e. The van der Waals surface area contributed by atoms with Gasteiger partial charge in [0.25, 0.3) is 0 Å². The first-order valence-corrected chi connectivity index (χ1v) is 8.06. The van der Waals surface area contributed by atoms with Crippen molar-refractivity contribution in [2.45, 2.75) is 18.9 Å². The summed E-state index contributed by atoms with van der Waals surface area (Å²) in [6.07, 6.45) is 0.723. The lowest BCUT2D eigenvalue weighted by Crippen LogP contribution is -2.06. The molecule has 1 aliphatic carbocycles. The average molecular weight is 326 g/mol. The standard InChI is InChI=1S/C19H16ClNO2/c20-14-6-3-4-12(8-14)11-21-17-7-2-1-5-13(17)9-18(21)15-10-16(15)19(22)23/h1-9,15-16H,10-11H2,(H,22,23)/t15-,16-/m0/s1. The van der Waals surface area contributed by atoms with Crippen LogP contribution in [0.1, 0.15) is 23.6 Å². The number of aliphatic carboxylic acids is 1. The van der Waals surface area contributed by atoms with Crippen molar-refractivity contribution in [3.8, 4) is 0 Å². The van der Waals surface area contributed by atoms with E-state index < -0.39 is 5.97 Å². The normalized spacial score (nSPS) is 19.9. The maximum Gasteiger partial charge on any atom is 0.307 e. The van der Waals surface area contributed by atoms with Gasteiger partial charge in [-0.15, -0.1) is 0 Å². The summed E-state index contributed by atoms with van der Waals surface area (Å²) in [6, 6.07) is 18.1. The molecule has 116 valence electrons. The number of hydrogen-bond donors (Lipinski definition) is 1. The Kier molecular flexibility index (Phi) is 3.38. The first-order valence-electron chi connectivity index (χ1n) is 7.69. The van der Waals surface area contributed by atoms with Crippen LogP contribution in [0.25, 0.3) is 10.9 Å². The van der Waals surface area contributed by atoms with Crippen LogP contribution in [0.2, 0.25) is 5.02 Å². The highest BCUT2D eigenvalue weighted by atomic mass is 35.5. The van der Waals surface area contributed by atoms with E-state index in [1.54, 1.807) is 0 Å². The molecule has 2 atom stereocenters. The molecular formula is C19H16ClNO2. The number of carboxylic acids is 1. The maximum atomic E-state index is 11.2. The predicted molar refractivity (Wildman–Crippen MR) is 91.0 cm³/mol. The second-order valence-electron chi connectivity index (χ2n) is 6.13. The van der Waals surface area contributed by atoms with E-state index in [9.17, 15) is 9.90 Å². The van der Waals surface area contributed by atoms with Gasteiger partial charge in [0, 0.05) is 28.7 Å². The van der Waals surface area contributed by atoms with Gasteiger partial charge in [0.15, 0.2) is 0 Å². The van der Waals surface area contributed by atoms with Gasteiger partial charge in [-0.05, 0) is 41.6 Å². The van der Waals surface area contributed by atoms with E-state index in [1.165, 1.54) is 0 Å². The molecule has 0 amide bonds. The van der Waals surface area contributed by atoms with Crippen LogP contribution in [0, 0.1) is 5.92 Å². The maximum absolute atomic E-state index is 11.2. The van der Waals surface area contributed by atoms with Crippen LogP contribution in [0.4, 0.5) is 0 Å². The Morgan fingerprint density at radius 1 is 1.17 bits per heavy atom. The molecule has 1 saturated carbocycles. The largest absolute Gasteiger partial charge is 0.481 e. The van der Waals surface area contributed by atoms with Gasteiger partial charge in [-0.3, -0.25) is 4.79 Å². The highest BCUT2D eigenvalue weighted by molar-refractivity contribution is 6.30. The third-order valence-electron chi connectivity index (χ3n) is 4.56. The van der Waals surface area contributed by atoms with Gasteiger partial charge in [-0.1, -0.05) is 41.9 Å². The lowest BCUT2D eigenvalue weighted by molar-refractivity contribution is -0.138. The molecule has 1 N–H and O–H groups in total. The molecule has 3 nitrogen and oxygen atoms in total. The second-order valence-corrected chi connectivity index (χ2v) is 6.57. The molecule has 0 spiro atoms. The molecule has 4 rings (SSSR count). The molecule has 0 unspecified atom stereocenters. The Labute approximate surface area is 139 Å². The molecule has 0 aliphatic heterocycles. The second kappa shape index (κ2) is 5.43. The zero-order valence-electron chi connectivity index (χ0n) is 12.4. The van der Waals surface area contributed by atoms with E-state index in [-0.39, 0.29) is 11.8 Å². The van der Waals surface area contributed by atoms with Crippen molar-refractivity contribution in [3.05, 3.63) is 70.9 Å². The number of aromatic nitrogens is 1. The third kappa shape index (κ3) is 2.62. The van der Waals surface area contributed by atoms with E-state index in [1.807, 2.05) is 36.4 Å². The number of halogens is 1. The van der Waals surface area contributed by atoms with Crippen molar-refractivity contribution in [3.63, 3.8) is 0 Å². The van der Waals surface area contributed by atoms with E-state index in [4.69, 9.17) is 11.6 Å². The van der Waals surface area contributed by atoms with Crippen molar-refractivity contribution in [2.24, 2.45) is 5.92 Å². The summed E-state index contributed by atoms with van der Waals surface area (Å²) in [4.78, 5) is 11.2. The van der Waals surface area contributed by atoms with Gasteiger partial charge in [0.1, 0.15) is 0 Å². The highest BCUT2D eigenvalue weighted by Crippen LogP contribution is 2.49. The summed E-state index contributed by atoms with van der Waals surface area (Å²) in [5, 5.41) is 11.1. The summed E-state index contributed by atoms with van der Waals surface area (Å²) >= 11 is 6.10. The van der Waals surface area contributed by atoms with Crippen LogP contribution < -0.4 is 0 Å². The SMILES string of the molecule is O=C(O)[C@H]1C[C@@H]1c1cc2ccccc2n1Cc1cccc(Cl)c1. The van der Waals surface area contributed by atoms with Gasteiger partial charge in [0.05, 0.1) is 5.92 Å². The Morgan fingerprint density at radius 2 is 2.00 bits per heavy atom. The minimum Gasteiger partial charge on any atom is -0.481 e. The monoisotopic (exact) mass is 325 g/mol. The fourth-order valence-corrected chi connectivity index (χ4v) is 3.54. The van der Waals surface area contributed by atoms with Crippen molar-refractivity contribution in [1.29, 1.82) is 0 Å².